The number of aliphatic hydroxyl groups is 1. The van der Waals surface area contributed by atoms with Crippen LogP contribution in [-0.2, 0) is 0 Å². The van der Waals surface area contributed by atoms with Gasteiger partial charge in [-0.1, -0.05) is 13.8 Å². The minimum absolute atomic E-state index is 0.0643. The summed E-state index contributed by atoms with van der Waals surface area (Å²) in [6.45, 7) is 6.38. The largest absolute Gasteiger partial charge is 0.393 e. The van der Waals surface area contributed by atoms with Crippen molar-refractivity contribution in [1.82, 2.24) is 5.32 Å². The van der Waals surface area contributed by atoms with Crippen LogP contribution in [0.4, 0.5) is 0 Å². The van der Waals surface area contributed by atoms with Crippen LogP contribution in [-0.4, -0.2) is 23.7 Å². The maximum absolute atomic E-state index is 11.9. The summed E-state index contributed by atoms with van der Waals surface area (Å²) in [6.07, 6.45) is 0.314. The van der Waals surface area contributed by atoms with Crippen molar-refractivity contribution in [2.24, 2.45) is 5.41 Å². The van der Waals surface area contributed by atoms with Crippen LogP contribution < -0.4 is 5.32 Å². The van der Waals surface area contributed by atoms with Crippen molar-refractivity contribution in [2.45, 2.75) is 33.3 Å². The summed E-state index contributed by atoms with van der Waals surface area (Å²) in [5, 5.41) is 14.1. The van der Waals surface area contributed by atoms with E-state index < -0.39 is 0 Å². The molecular formula is C12H18BrNO2S. The van der Waals surface area contributed by atoms with E-state index in [-0.39, 0.29) is 17.4 Å². The van der Waals surface area contributed by atoms with Gasteiger partial charge in [0.2, 0.25) is 0 Å². The molecule has 0 aliphatic carbocycles. The molecular weight excluding hydrogens is 302 g/mol. The van der Waals surface area contributed by atoms with Crippen LogP contribution in [0.3, 0.4) is 0 Å². The zero-order chi connectivity index (χ0) is 13.1. The maximum atomic E-state index is 11.9. The predicted octanol–water partition coefficient (Wildman–Crippen LogP) is 3.04. The second-order valence-corrected chi connectivity index (χ2v) is 6.77. The molecule has 5 heteroatoms. The Morgan fingerprint density at radius 2 is 2.29 bits per heavy atom. The maximum Gasteiger partial charge on any atom is 0.262 e. The first-order valence-corrected chi connectivity index (χ1v) is 7.18. The van der Waals surface area contributed by atoms with Crippen LogP contribution in [0.1, 0.15) is 36.9 Å². The van der Waals surface area contributed by atoms with E-state index in [0.29, 0.717) is 17.8 Å². The second-order valence-electron chi connectivity index (χ2n) is 5.00. The van der Waals surface area contributed by atoms with Gasteiger partial charge in [-0.3, -0.25) is 4.79 Å². The van der Waals surface area contributed by atoms with Crippen molar-refractivity contribution >= 4 is 33.2 Å². The standard InChI is InChI=1S/C12H18BrNO2S/c1-8(15)6-12(2,3)7-14-11(16)10-9(13)4-5-17-10/h4-5,8,15H,6-7H2,1-3H3,(H,14,16). The average molecular weight is 320 g/mol. The Balaban J connectivity index is 2.51. The summed E-state index contributed by atoms with van der Waals surface area (Å²) in [5.41, 5.74) is -0.104. The SMILES string of the molecule is CC(O)CC(C)(C)CNC(=O)c1sccc1Br. The van der Waals surface area contributed by atoms with Crippen molar-refractivity contribution in [3.05, 3.63) is 20.8 Å². The van der Waals surface area contributed by atoms with E-state index in [0.717, 1.165) is 4.47 Å². The van der Waals surface area contributed by atoms with Gasteiger partial charge < -0.3 is 10.4 Å². The number of carbonyl (C=O) groups excluding carboxylic acids is 1. The molecule has 1 atom stereocenters. The molecule has 1 amide bonds. The van der Waals surface area contributed by atoms with E-state index in [2.05, 4.69) is 21.2 Å². The third-order valence-electron chi connectivity index (χ3n) is 2.40. The minimum atomic E-state index is -0.352. The van der Waals surface area contributed by atoms with Gasteiger partial charge in [-0.15, -0.1) is 11.3 Å². The fraction of sp³-hybridized carbons (Fsp3) is 0.583. The number of rotatable bonds is 5. The predicted molar refractivity (Wildman–Crippen MR) is 74.4 cm³/mol. The number of hydrogen-bond donors (Lipinski definition) is 2. The van der Waals surface area contributed by atoms with Gasteiger partial charge in [-0.25, -0.2) is 0 Å². The Morgan fingerprint density at radius 1 is 1.65 bits per heavy atom. The minimum Gasteiger partial charge on any atom is -0.393 e. The first-order valence-electron chi connectivity index (χ1n) is 5.51. The molecule has 0 saturated carbocycles. The number of thiophene rings is 1. The molecule has 0 aliphatic heterocycles. The zero-order valence-corrected chi connectivity index (χ0v) is 12.7. The monoisotopic (exact) mass is 319 g/mol. The smallest absolute Gasteiger partial charge is 0.262 e. The molecule has 0 fully saturated rings. The van der Waals surface area contributed by atoms with E-state index in [4.69, 9.17) is 0 Å². The van der Waals surface area contributed by atoms with Gasteiger partial charge in [0.25, 0.3) is 5.91 Å². The Hall–Kier alpha value is -0.390. The summed E-state index contributed by atoms with van der Waals surface area (Å²) in [7, 11) is 0. The third kappa shape index (κ3) is 4.77. The van der Waals surface area contributed by atoms with Gasteiger partial charge in [-0.05, 0) is 46.1 Å². The Bertz CT molecular complexity index is 388. The van der Waals surface area contributed by atoms with Crippen LogP contribution in [0.5, 0.6) is 0 Å². The van der Waals surface area contributed by atoms with E-state index >= 15 is 0 Å². The first kappa shape index (κ1) is 14.7. The van der Waals surface area contributed by atoms with E-state index in [1.165, 1.54) is 11.3 Å². The number of nitrogens with one attached hydrogen (secondary N) is 1. The van der Waals surface area contributed by atoms with Crippen LogP contribution in [0.2, 0.25) is 0 Å². The van der Waals surface area contributed by atoms with Gasteiger partial charge in [0.05, 0.1) is 6.10 Å². The van der Waals surface area contributed by atoms with Crippen LogP contribution in [0.15, 0.2) is 15.9 Å². The zero-order valence-electron chi connectivity index (χ0n) is 10.3. The molecule has 96 valence electrons. The van der Waals surface area contributed by atoms with Crippen molar-refractivity contribution in [3.8, 4) is 0 Å². The molecule has 2 N–H and O–H groups in total. The van der Waals surface area contributed by atoms with Crippen molar-refractivity contribution in [3.63, 3.8) is 0 Å². The summed E-state index contributed by atoms with van der Waals surface area (Å²) in [5.74, 6) is -0.0643. The number of carbonyl (C=O) groups is 1. The fourth-order valence-electron chi connectivity index (χ4n) is 1.73. The van der Waals surface area contributed by atoms with Gasteiger partial charge in [0.15, 0.2) is 0 Å². The Morgan fingerprint density at radius 3 is 2.76 bits per heavy atom. The first-order chi connectivity index (χ1) is 7.82. The van der Waals surface area contributed by atoms with Crippen LogP contribution in [0, 0.1) is 5.41 Å². The highest BCUT2D eigenvalue weighted by Gasteiger charge is 2.22. The molecule has 1 aromatic heterocycles. The fourth-order valence-corrected chi connectivity index (χ4v) is 3.20. The summed E-state index contributed by atoms with van der Waals surface area (Å²) >= 11 is 4.75. The lowest BCUT2D eigenvalue weighted by atomic mass is 9.87. The molecule has 0 saturated heterocycles. The topological polar surface area (TPSA) is 49.3 Å². The highest BCUT2D eigenvalue weighted by molar-refractivity contribution is 9.10. The normalized spacial score (nSPS) is 13.5. The van der Waals surface area contributed by atoms with Crippen LogP contribution in [0.25, 0.3) is 0 Å². The number of halogens is 1. The van der Waals surface area contributed by atoms with Crippen molar-refractivity contribution in [2.75, 3.05) is 6.54 Å². The van der Waals surface area contributed by atoms with E-state index in [1.807, 2.05) is 25.3 Å². The lowest BCUT2D eigenvalue weighted by Crippen LogP contribution is -2.35. The Kier molecular flexibility index (Phi) is 5.16. The van der Waals surface area contributed by atoms with Gasteiger partial charge >= 0.3 is 0 Å². The number of aliphatic hydroxyl groups excluding tert-OH is 1. The van der Waals surface area contributed by atoms with Crippen molar-refractivity contribution in [1.29, 1.82) is 0 Å². The molecule has 17 heavy (non-hydrogen) atoms. The number of amides is 1. The second kappa shape index (κ2) is 5.98. The molecule has 0 bridgehead atoms. The highest BCUT2D eigenvalue weighted by atomic mass is 79.9. The number of hydrogen-bond acceptors (Lipinski definition) is 3. The summed E-state index contributed by atoms with van der Waals surface area (Å²) < 4.78 is 0.827. The highest BCUT2D eigenvalue weighted by Crippen LogP contribution is 2.24. The molecule has 0 aromatic carbocycles. The van der Waals surface area contributed by atoms with Gasteiger partial charge in [0.1, 0.15) is 4.88 Å². The van der Waals surface area contributed by atoms with Gasteiger partial charge in [0, 0.05) is 11.0 Å². The molecule has 0 radical (unpaired) electrons. The van der Waals surface area contributed by atoms with E-state index in [1.54, 1.807) is 6.92 Å². The molecule has 0 spiro atoms. The molecule has 1 unspecified atom stereocenters. The van der Waals surface area contributed by atoms with Crippen LogP contribution >= 0.6 is 27.3 Å². The van der Waals surface area contributed by atoms with E-state index in [9.17, 15) is 9.90 Å². The van der Waals surface area contributed by atoms with Crippen molar-refractivity contribution < 1.29 is 9.90 Å². The third-order valence-corrected chi connectivity index (χ3v) is 4.24. The van der Waals surface area contributed by atoms with Gasteiger partial charge in [-0.2, -0.15) is 0 Å². The molecule has 3 nitrogen and oxygen atoms in total. The lowest BCUT2D eigenvalue weighted by Gasteiger charge is -2.26. The molecule has 1 heterocycles. The summed E-state index contributed by atoms with van der Waals surface area (Å²) in [6, 6.07) is 1.86. The summed E-state index contributed by atoms with van der Waals surface area (Å²) in [4.78, 5) is 12.6. The molecule has 1 rings (SSSR count). The lowest BCUT2D eigenvalue weighted by molar-refractivity contribution is 0.0905. The average Bonchev–Trinajstić information content (AvgIpc) is 2.59. The quantitative estimate of drug-likeness (QED) is 0.876. The molecule has 0 aliphatic rings. The molecule has 1 aromatic rings. The Labute approximate surface area is 114 Å².